The molecule has 0 bridgehead atoms. The third-order valence-corrected chi connectivity index (χ3v) is 4.89. The van der Waals surface area contributed by atoms with Gasteiger partial charge in [-0.2, -0.15) is 0 Å². The van der Waals surface area contributed by atoms with Crippen LogP contribution in [0.15, 0.2) is 12.1 Å². The monoisotopic (exact) mass is 357 g/mol. The minimum atomic E-state index is -0.330. The Morgan fingerprint density at radius 1 is 1.32 bits per heavy atom. The van der Waals surface area contributed by atoms with Gasteiger partial charge in [-0.05, 0) is 30.9 Å². The van der Waals surface area contributed by atoms with Crippen LogP contribution in [0.1, 0.15) is 18.4 Å². The molecule has 4 rings (SSSR count). The minimum absolute atomic E-state index is 0.0618. The molecule has 2 fully saturated rings. The summed E-state index contributed by atoms with van der Waals surface area (Å²) in [6.07, 6.45) is 2.48. The van der Waals surface area contributed by atoms with E-state index in [1.807, 2.05) is 16.8 Å². The van der Waals surface area contributed by atoms with Crippen molar-refractivity contribution in [2.24, 2.45) is 5.92 Å². The van der Waals surface area contributed by atoms with Gasteiger partial charge in [-0.1, -0.05) is 28.7 Å². The summed E-state index contributed by atoms with van der Waals surface area (Å²) in [6, 6.07) is 3.43. The van der Waals surface area contributed by atoms with Crippen LogP contribution in [0.4, 0.5) is 4.79 Å². The molecule has 2 aliphatic rings. The highest BCUT2D eigenvalue weighted by Gasteiger charge is 2.32. The number of rotatable bonds is 3. The van der Waals surface area contributed by atoms with E-state index in [-0.39, 0.29) is 25.0 Å². The number of aromatic nitrogens is 3. The van der Waals surface area contributed by atoms with Gasteiger partial charge in [0.15, 0.2) is 0 Å². The molecule has 128 valence electrons. The third kappa shape index (κ3) is 2.94. The highest BCUT2D eigenvalue weighted by molar-refractivity contribution is 6.36. The summed E-state index contributed by atoms with van der Waals surface area (Å²) in [4.78, 5) is 25.8. The normalized spacial score (nSPS) is 17.4. The van der Waals surface area contributed by atoms with Crippen molar-refractivity contribution < 1.29 is 9.59 Å². The summed E-state index contributed by atoms with van der Waals surface area (Å²) in [5, 5.41) is 8.83. The van der Waals surface area contributed by atoms with Crippen LogP contribution in [-0.2, 0) is 11.3 Å². The molecule has 7 nitrogen and oxygen atoms in total. The zero-order chi connectivity index (χ0) is 17.6. The van der Waals surface area contributed by atoms with E-state index in [2.05, 4.69) is 22.2 Å². The van der Waals surface area contributed by atoms with E-state index >= 15 is 0 Å². The number of carbonyl (C=O) groups is 2. The number of nitrogens with zero attached hydrogens (tertiary/aromatic N) is 5. The first-order valence-electron chi connectivity index (χ1n) is 8.10. The fraction of sp³-hybridized carbons (Fsp3) is 0.412. The maximum Gasteiger partial charge on any atom is 0.327 e. The van der Waals surface area contributed by atoms with Crippen molar-refractivity contribution in [3.63, 3.8) is 0 Å². The number of hydrogen-bond acceptors (Lipinski definition) is 4. The van der Waals surface area contributed by atoms with E-state index in [1.54, 1.807) is 0 Å². The number of carbonyl (C=O) groups excluding carboxylic acids is 2. The lowest BCUT2D eigenvalue weighted by Gasteiger charge is -2.10. The van der Waals surface area contributed by atoms with E-state index in [1.165, 1.54) is 24.8 Å². The standard InChI is InChI=1S/C17H16ClN5O2/c1-21-14(24)10-22(17(21)25)8-2-3-12-6-7-13-16(15(12)18)19-20-23(13)9-11-4-5-11/h6-7,11H,4-5,8-10H2,1H3. The summed E-state index contributed by atoms with van der Waals surface area (Å²) in [7, 11) is 1.47. The van der Waals surface area contributed by atoms with Crippen LogP contribution in [0.3, 0.4) is 0 Å². The molecule has 1 saturated carbocycles. The van der Waals surface area contributed by atoms with Crippen molar-refractivity contribution in [1.29, 1.82) is 0 Å². The van der Waals surface area contributed by atoms with Gasteiger partial charge < -0.3 is 4.90 Å². The first-order valence-corrected chi connectivity index (χ1v) is 8.48. The molecular formula is C17H16ClN5O2. The molecule has 1 aromatic carbocycles. The van der Waals surface area contributed by atoms with Gasteiger partial charge in [0.1, 0.15) is 12.1 Å². The number of urea groups is 1. The van der Waals surface area contributed by atoms with E-state index in [4.69, 9.17) is 11.6 Å². The lowest BCUT2D eigenvalue weighted by Crippen LogP contribution is -2.30. The van der Waals surface area contributed by atoms with Gasteiger partial charge in [0.2, 0.25) is 5.91 Å². The second-order valence-corrected chi connectivity index (χ2v) is 6.78. The number of amides is 3. The van der Waals surface area contributed by atoms with Crippen molar-refractivity contribution in [2.75, 3.05) is 20.1 Å². The van der Waals surface area contributed by atoms with Crippen LogP contribution in [0.5, 0.6) is 0 Å². The van der Waals surface area contributed by atoms with Crippen LogP contribution in [0, 0.1) is 17.8 Å². The minimum Gasteiger partial charge on any atom is -0.304 e. The van der Waals surface area contributed by atoms with Crippen LogP contribution >= 0.6 is 11.6 Å². The molecule has 0 radical (unpaired) electrons. The predicted octanol–water partition coefficient (Wildman–Crippen LogP) is 1.74. The Morgan fingerprint density at radius 2 is 2.12 bits per heavy atom. The zero-order valence-electron chi connectivity index (χ0n) is 13.7. The molecule has 1 aliphatic heterocycles. The van der Waals surface area contributed by atoms with Crippen molar-refractivity contribution >= 4 is 34.6 Å². The van der Waals surface area contributed by atoms with E-state index in [9.17, 15) is 9.59 Å². The SMILES string of the molecule is CN1C(=O)CN(CC#Cc2ccc3c(nnn3CC3CC3)c2Cl)C1=O. The topological polar surface area (TPSA) is 71.3 Å². The molecule has 0 atom stereocenters. The number of likely N-dealkylation sites (N-methyl/N-ethyl adjacent to an activating group) is 1. The van der Waals surface area contributed by atoms with Gasteiger partial charge in [0.05, 0.1) is 17.1 Å². The number of benzene rings is 1. The Balaban J connectivity index is 1.53. The number of hydrogen-bond donors (Lipinski definition) is 0. The van der Waals surface area contributed by atoms with Gasteiger partial charge in [-0.3, -0.25) is 9.69 Å². The summed E-state index contributed by atoms with van der Waals surface area (Å²) >= 11 is 6.42. The molecule has 8 heteroatoms. The Morgan fingerprint density at radius 3 is 2.80 bits per heavy atom. The Hall–Kier alpha value is -2.59. The molecule has 0 unspecified atom stereocenters. The van der Waals surface area contributed by atoms with Crippen LogP contribution < -0.4 is 0 Å². The summed E-state index contributed by atoms with van der Waals surface area (Å²) in [5.41, 5.74) is 2.18. The average molecular weight is 358 g/mol. The second kappa shape index (κ2) is 6.05. The lowest BCUT2D eigenvalue weighted by molar-refractivity contribution is -0.124. The maximum atomic E-state index is 11.8. The number of halogens is 1. The molecule has 0 spiro atoms. The first kappa shape index (κ1) is 15.9. The average Bonchev–Trinajstić information content (AvgIpc) is 3.27. The quantitative estimate of drug-likeness (QED) is 0.619. The molecule has 2 aromatic rings. The largest absolute Gasteiger partial charge is 0.327 e. The fourth-order valence-corrected chi connectivity index (χ4v) is 3.04. The van der Waals surface area contributed by atoms with Crippen molar-refractivity contribution in [3.05, 3.63) is 22.7 Å². The smallest absolute Gasteiger partial charge is 0.304 e. The number of fused-ring (bicyclic) bond motifs is 1. The van der Waals surface area contributed by atoms with Crippen molar-refractivity contribution in [3.8, 4) is 11.8 Å². The first-order chi connectivity index (χ1) is 12.0. The third-order valence-electron chi connectivity index (χ3n) is 4.50. The summed E-state index contributed by atoms with van der Waals surface area (Å²) in [6.45, 7) is 1.11. The molecule has 0 N–H and O–H groups in total. The van der Waals surface area contributed by atoms with Gasteiger partial charge >= 0.3 is 6.03 Å². The Labute approximate surface area is 149 Å². The van der Waals surface area contributed by atoms with Gasteiger partial charge in [0, 0.05) is 19.2 Å². The second-order valence-electron chi connectivity index (χ2n) is 6.40. The predicted molar refractivity (Wildman–Crippen MR) is 91.9 cm³/mol. The summed E-state index contributed by atoms with van der Waals surface area (Å²) in [5.74, 6) is 6.34. The van der Waals surface area contributed by atoms with Crippen molar-refractivity contribution in [2.45, 2.75) is 19.4 Å². The van der Waals surface area contributed by atoms with E-state index < -0.39 is 0 Å². The van der Waals surface area contributed by atoms with Gasteiger partial charge in [-0.25, -0.2) is 9.48 Å². The molecular weight excluding hydrogens is 342 g/mol. The molecule has 3 amide bonds. The summed E-state index contributed by atoms with van der Waals surface area (Å²) < 4.78 is 1.89. The van der Waals surface area contributed by atoms with Crippen LogP contribution in [0.25, 0.3) is 11.0 Å². The lowest BCUT2D eigenvalue weighted by atomic mass is 10.2. The van der Waals surface area contributed by atoms with Crippen LogP contribution in [-0.4, -0.2) is 56.9 Å². The van der Waals surface area contributed by atoms with E-state index in [0.29, 0.717) is 22.0 Å². The van der Waals surface area contributed by atoms with Crippen molar-refractivity contribution in [1.82, 2.24) is 24.8 Å². The fourth-order valence-electron chi connectivity index (χ4n) is 2.79. The molecule has 2 heterocycles. The Kier molecular flexibility index (Phi) is 3.85. The van der Waals surface area contributed by atoms with Crippen LogP contribution in [0.2, 0.25) is 5.02 Å². The Bertz CT molecular complexity index is 938. The van der Waals surface area contributed by atoms with Gasteiger partial charge in [-0.15, -0.1) is 5.10 Å². The zero-order valence-corrected chi connectivity index (χ0v) is 14.5. The molecule has 1 aromatic heterocycles. The highest BCUT2D eigenvalue weighted by Crippen LogP contribution is 2.32. The van der Waals surface area contributed by atoms with Gasteiger partial charge in [0.25, 0.3) is 0 Å². The molecule has 1 aliphatic carbocycles. The molecule has 25 heavy (non-hydrogen) atoms. The highest BCUT2D eigenvalue weighted by atomic mass is 35.5. The van der Waals surface area contributed by atoms with E-state index in [0.717, 1.165) is 17.0 Å². The maximum absolute atomic E-state index is 11.8. The number of imide groups is 1. The molecule has 1 saturated heterocycles.